The zero-order valence-electron chi connectivity index (χ0n) is 14.2. The maximum absolute atomic E-state index is 12.4. The topological polar surface area (TPSA) is 80.6 Å². The van der Waals surface area contributed by atoms with Crippen molar-refractivity contribution >= 4 is 17.5 Å². The Hall–Kier alpha value is -3.54. The van der Waals surface area contributed by atoms with Gasteiger partial charge >= 0.3 is 0 Å². The number of hydrogen-bond acceptors (Lipinski definition) is 4. The van der Waals surface area contributed by atoms with Crippen LogP contribution in [0, 0.1) is 0 Å². The smallest absolute Gasteiger partial charge is 0.291 e. The normalized spacial score (nSPS) is 10.2. The number of ether oxygens (including phenoxy) is 1. The number of rotatable bonds is 6. The lowest BCUT2D eigenvalue weighted by Crippen LogP contribution is -2.18. The lowest BCUT2D eigenvalue weighted by atomic mass is 10.2. The quantitative estimate of drug-likeness (QED) is 0.713. The van der Waals surface area contributed by atoms with E-state index in [2.05, 4.69) is 10.6 Å². The van der Waals surface area contributed by atoms with Crippen molar-refractivity contribution in [2.24, 2.45) is 0 Å². The van der Waals surface area contributed by atoms with Crippen LogP contribution >= 0.6 is 0 Å². The lowest BCUT2D eigenvalue weighted by Gasteiger charge is -2.08. The van der Waals surface area contributed by atoms with Crippen molar-refractivity contribution < 1.29 is 18.7 Å². The Kier molecular flexibility index (Phi) is 5.34. The SMILES string of the molecule is CNC(=O)c1ccc(NC(=O)c2occc2COc2ccccc2)cc1. The lowest BCUT2D eigenvalue weighted by molar-refractivity contribution is 0.0962. The Balaban J connectivity index is 1.65. The molecule has 0 atom stereocenters. The zero-order chi connectivity index (χ0) is 18.4. The summed E-state index contributed by atoms with van der Waals surface area (Å²) in [5.41, 5.74) is 1.72. The van der Waals surface area contributed by atoms with Crippen molar-refractivity contribution in [2.45, 2.75) is 6.61 Å². The Labute approximate surface area is 150 Å². The van der Waals surface area contributed by atoms with Crippen LogP contribution in [0.2, 0.25) is 0 Å². The maximum Gasteiger partial charge on any atom is 0.291 e. The number of nitrogens with one attached hydrogen (secondary N) is 2. The second kappa shape index (κ2) is 8.02. The molecule has 6 nitrogen and oxygen atoms in total. The summed E-state index contributed by atoms with van der Waals surface area (Å²) in [6, 6.07) is 17.6. The van der Waals surface area contributed by atoms with Gasteiger partial charge in [-0.15, -0.1) is 0 Å². The van der Waals surface area contributed by atoms with Gasteiger partial charge in [0.15, 0.2) is 5.76 Å². The summed E-state index contributed by atoms with van der Waals surface area (Å²) in [5.74, 6) is 0.338. The summed E-state index contributed by atoms with van der Waals surface area (Å²) in [4.78, 5) is 24.0. The van der Waals surface area contributed by atoms with Crippen molar-refractivity contribution in [3.05, 3.63) is 83.8 Å². The fourth-order valence-electron chi connectivity index (χ4n) is 2.36. The van der Waals surface area contributed by atoms with Gasteiger partial charge in [-0.1, -0.05) is 18.2 Å². The minimum atomic E-state index is -0.380. The van der Waals surface area contributed by atoms with E-state index in [1.165, 1.54) is 6.26 Å². The highest BCUT2D eigenvalue weighted by Gasteiger charge is 2.16. The van der Waals surface area contributed by atoms with Gasteiger partial charge in [-0.05, 0) is 42.5 Å². The highest BCUT2D eigenvalue weighted by Crippen LogP contribution is 2.18. The van der Waals surface area contributed by atoms with Crippen molar-refractivity contribution in [2.75, 3.05) is 12.4 Å². The van der Waals surface area contributed by atoms with Gasteiger partial charge in [0.2, 0.25) is 0 Å². The third kappa shape index (κ3) is 4.10. The number of benzene rings is 2. The molecule has 0 aliphatic carbocycles. The number of para-hydroxylation sites is 1. The fraction of sp³-hybridized carbons (Fsp3) is 0.100. The first kappa shape index (κ1) is 17.3. The van der Waals surface area contributed by atoms with Gasteiger partial charge in [0, 0.05) is 23.9 Å². The molecule has 1 heterocycles. The molecule has 0 aliphatic rings. The van der Waals surface area contributed by atoms with E-state index in [4.69, 9.17) is 9.15 Å². The molecule has 26 heavy (non-hydrogen) atoms. The van der Waals surface area contributed by atoms with E-state index in [0.717, 1.165) is 0 Å². The average molecular weight is 350 g/mol. The molecule has 0 fully saturated rings. The second-order valence-corrected chi connectivity index (χ2v) is 5.49. The molecule has 2 aromatic carbocycles. The first-order chi connectivity index (χ1) is 12.7. The van der Waals surface area contributed by atoms with Crippen LogP contribution in [0.3, 0.4) is 0 Å². The van der Waals surface area contributed by atoms with Crippen LogP contribution in [0.1, 0.15) is 26.5 Å². The largest absolute Gasteiger partial charge is 0.489 e. The molecule has 0 saturated heterocycles. The van der Waals surface area contributed by atoms with Gasteiger partial charge in [0.1, 0.15) is 12.4 Å². The van der Waals surface area contributed by atoms with E-state index in [1.54, 1.807) is 37.4 Å². The molecule has 3 rings (SSSR count). The van der Waals surface area contributed by atoms with Crippen molar-refractivity contribution in [1.82, 2.24) is 5.32 Å². The molecule has 0 unspecified atom stereocenters. The summed E-state index contributed by atoms with van der Waals surface area (Å²) in [7, 11) is 1.56. The predicted octanol–water partition coefficient (Wildman–Crippen LogP) is 3.47. The monoisotopic (exact) mass is 350 g/mol. The van der Waals surface area contributed by atoms with E-state index < -0.39 is 0 Å². The predicted molar refractivity (Wildman–Crippen MR) is 97.3 cm³/mol. The first-order valence-electron chi connectivity index (χ1n) is 8.05. The minimum absolute atomic E-state index is 0.186. The third-order valence-electron chi connectivity index (χ3n) is 3.72. The van der Waals surface area contributed by atoms with Crippen molar-refractivity contribution in [3.63, 3.8) is 0 Å². The molecular weight excluding hydrogens is 332 g/mol. The van der Waals surface area contributed by atoms with E-state index in [0.29, 0.717) is 22.6 Å². The highest BCUT2D eigenvalue weighted by atomic mass is 16.5. The van der Waals surface area contributed by atoms with E-state index in [9.17, 15) is 9.59 Å². The number of carbonyl (C=O) groups is 2. The molecule has 0 spiro atoms. The molecular formula is C20H18N2O4. The van der Waals surface area contributed by atoms with Gasteiger partial charge in [0.25, 0.3) is 11.8 Å². The summed E-state index contributed by atoms with van der Waals surface area (Å²) in [6.07, 6.45) is 1.45. The van der Waals surface area contributed by atoms with Crippen LogP contribution in [0.25, 0.3) is 0 Å². The molecule has 2 N–H and O–H groups in total. The Bertz CT molecular complexity index is 886. The number of anilines is 1. The highest BCUT2D eigenvalue weighted by molar-refractivity contribution is 6.03. The van der Waals surface area contributed by atoms with Crippen LogP contribution in [-0.4, -0.2) is 18.9 Å². The Morgan fingerprint density at radius 2 is 1.69 bits per heavy atom. The molecule has 0 radical (unpaired) electrons. The summed E-state index contributed by atoms with van der Waals surface area (Å²) in [5, 5.41) is 5.29. The van der Waals surface area contributed by atoms with E-state index in [-0.39, 0.29) is 24.2 Å². The first-order valence-corrected chi connectivity index (χ1v) is 8.05. The molecule has 3 aromatic rings. The molecule has 132 valence electrons. The molecule has 0 saturated carbocycles. The fourth-order valence-corrected chi connectivity index (χ4v) is 2.36. The van der Waals surface area contributed by atoms with Crippen LogP contribution in [0.4, 0.5) is 5.69 Å². The average Bonchev–Trinajstić information content (AvgIpc) is 3.16. The number of carbonyl (C=O) groups excluding carboxylic acids is 2. The molecule has 0 bridgehead atoms. The molecule has 6 heteroatoms. The van der Waals surface area contributed by atoms with Gasteiger partial charge in [-0.25, -0.2) is 0 Å². The number of hydrogen-bond donors (Lipinski definition) is 2. The van der Waals surface area contributed by atoms with Crippen molar-refractivity contribution in [3.8, 4) is 5.75 Å². The summed E-state index contributed by atoms with van der Waals surface area (Å²) >= 11 is 0. The standard InChI is InChI=1S/C20H18N2O4/c1-21-19(23)14-7-9-16(10-8-14)22-20(24)18-15(11-12-25-18)13-26-17-5-3-2-4-6-17/h2-12H,13H2,1H3,(H,21,23)(H,22,24). The summed E-state index contributed by atoms with van der Waals surface area (Å²) < 4.78 is 11.0. The van der Waals surface area contributed by atoms with Gasteiger partial charge in [-0.2, -0.15) is 0 Å². The van der Waals surface area contributed by atoms with Gasteiger partial charge in [0.05, 0.1) is 6.26 Å². The zero-order valence-corrected chi connectivity index (χ0v) is 14.2. The van der Waals surface area contributed by atoms with Crippen LogP contribution in [-0.2, 0) is 6.61 Å². The van der Waals surface area contributed by atoms with E-state index in [1.807, 2.05) is 30.3 Å². The number of furan rings is 1. The summed E-state index contributed by atoms with van der Waals surface area (Å²) in [6.45, 7) is 0.221. The molecule has 1 aromatic heterocycles. The van der Waals surface area contributed by atoms with Crippen LogP contribution in [0.5, 0.6) is 5.75 Å². The minimum Gasteiger partial charge on any atom is -0.489 e. The number of amides is 2. The molecule has 2 amide bonds. The maximum atomic E-state index is 12.4. The van der Waals surface area contributed by atoms with Gasteiger partial charge < -0.3 is 19.8 Å². The third-order valence-corrected chi connectivity index (χ3v) is 3.72. The Morgan fingerprint density at radius 1 is 0.962 bits per heavy atom. The van der Waals surface area contributed by atoms with Crippen LogP contribution < -0.4 is 15.4 Å². The van der Waals surface area contributed by atoms with Gasteiger partial charge in [-0.3, -0.25) is 9.59 Å². The van der Waals surface area contributed by atoms with Crippen molar-refractivity contribution in [1.29, 1.82) is 0 Å². The van der Waals surface area contributed by atoms with E-state index >= 15 is 0 Å². The Morgan fingerprint density at radius 3 is 2.38 bits per heavy atom. The van der Waals surface area contributed by atoms with Crippen LogP contribution in [0.15, 0.2) is 71.3 Å². The second-order valence-electron chi connectivity index (χ2n) is 5.49. The molecule has 0 aliphatic heterocycles.